The molecule has 26 heavy (non-hydrogen) atoms. The van der Waals surface area contributed by atoms with E-state index in [2.05, 4.69) is 34.6 Å². The molecule has 3 aromatic rings. The van der Waals surface area contributed by atoms with Crippen LogP contribution in [0, 0.1) is 5.92 Å². The summed E-state index contributed by atoms with van der Waals surface area (Å²) < 4.78 is 7.77. The van der Waals surface area contributed by atoms with Gasteiger partial charge >= 0.3 is 0 Å². The summed E-state index contributed by atoms with van der Waals surface area (Å²) in [5.41, 5.74) is 2.17. The summed E-state index contributed by atoms with van der Waals surface area (Å²) in [5, 5.41) is 0. The third-order valence-corrected chi connectivity index (χ3v) is 5.85. The lowest BCUT2D eigenvalue weighted by atomic mass is 10.2. The molecule has 0 N–H and O–H groups in total. The molecule has 0 bridgehead atoms. The molecule has 1 saturated carbocycles. The highest BCUT2D eigenvalue weighted by Gasteiger charge is 2.49. The smallest absolute Gasteiger partial charge is 0.227 e. The molecule has 3 atom stereocenters. The minimum absolute atomic E-state index is 0.0706. The van der Waals surface area contributed by atoms with Gasteiger partial charge in [0.05, 0.1) is 23.3 Å². The molecule has 2 fully saturated rings. The maximum atomic E-state index is 13.2. The molecule has 134 valence electrons. The van der Waals surface area contributed by atoms with Crippen molar-refractivity contribution in [3.8, 4) is 0 Å². The fraction of sp³-hybridized carbons (Fsp3) is 0.429. The van der Waals surface area contributed by atoms with Gasteiger partial charge in [0, 0.05) is 24.9 Å². The number of aromatic nitrogens is 2. The van der Waals surface area contributed by atoms with Crippen LogP contribution in [0.25, 0.3) is 11.0 Å². The van der Waals surface area contributed by atoms with E-state index in [9.17, 15) is 4.79 Å². The molecular weight excluding hydrogens is 326 g/mol. The van der Waals surface area contributed by atoms with Crippen molar-refractivity contribution in [1.29, 1.82) is 0 Å². The first-order chi connectivity index (χ1) is 12.8. The van der Waals surface area contributed by atoms with E-state index in [-0.39, 0.29) is 23.8 Å². The minimum atomic E-state index is 0.0706. The first-order valence-electron chi connectivity index (χ1n) is 9.57. The maximum Gasteiger partial charge on any atom is 0.227 e. The first-order valence-corrected chi connectivity index (χ1v) is 9.57. The Morgan fingerprint density at radius 1 is 1.27 bits per heavy atom. The standard InChI is InChI=1S/C21H23N3O2/c1-2-23-17-8-4-3-7-16(17)22-20(23)18-9-5-11-24(18)21(25)15-13-14(15)19-10-6-12-26-19/h3-4,6-8,10,12,14-15,18H,2,5,9,11,13H2,1H3/t14-,15+,18+/m1/s1. The van der Waals surface area contributed by atoms with Crippen molar-refractivity contribution in [2.45, 2.75) is 44.7 Å². The number of rotatable bonds is 4. The number of aryl methyl sites for hydroxylation is 1. The number of hydrogen-bond acceptors (Lipinski definition) is 3. The molecule has 2 aliphatic rings. The van der Waals surface area contributed by atoms with Crippen LogP contribution >= 0.6 is 0 Å². The zero-order valence-corrected chi connectivity index (χ0v) is 15.0. The van der Waals surface area contributed by atoms with Crippen LogP contribution in [0.4, 0.5) is 0 Å². The van der Waals surface area contributed by atoms with Gasteiger partial charge in [-0.05, 0) is 50.5 Å². The Kier molecular flexibility index (Phi) is 3.62. The number of furan rings is 1. The molecule has 0 unspecified atom stereocenters. The SMILES string of the molecule is CCn1c([C@@H]2CCCN2C(=O)[C@H]2C[C@H]2c2ccco2)nc2ccccc21. The van der Waals surface area contributed by atoms with Crippen molar-refractivity contribution < 1.29 is 9.21 Å². The fourth-order valence-electron chi connectivity index (χ4n) is 4.48. The van der Waals surface area contributed by atoms with Gasteiger partial charge in [0.2, 0.25) is 5.91 Å². The molecule has 1 saturated heterocycles. The zero-order chi connectivity index (χ0) is 17.7. The van der Waals surface area contributed by atoms with Crippen LogP contribution in [0.5, 0.6) is 0 Å². The van der Waals surface area contributed by atoms with Crippen LogP contribution in [0.1, 0.15) is 49.7 Å². The molecule has 3 heterocycles. The monoisotopic (exact) mass is 349 g/mol. The van der Waals surface area contributed by atoms with E-state index >= 15 is 0 Å². The molecule has 1 amide bonds. The Morgan fingerprint density at radius 2 is 2.15 bits per heavy atom. The zero-order valence-electron chi connectivity index (χ0n) is 15.0. The topological polar surface area (TPSA) is 51.3 Å². The maximum absolute atomic E-state index is 13.2. The van der Waals surface area contributed by atoms with E-state index in [1.807, 2.05) is 18.2 Å². The van der Waals surface area contributed by atoms with E-state index in [0.717, 1.165) is 55.0 Å². The van der Waals surface area contributed by atoms with E-state index in [1.165, 1.54) is 0 Å². The molecule has 0 spiro atoms. The van der Waals surface area contributed by atoms with Gasteiger partial charge in [-0.2, -0.15) is 0 Å². The predicted molar refractivity (Wildman–Crippen MR) is 98.7 cm³/mol. The highest BCUT2D eigenvalue weighted by molar-refractivity contribution is 5.84. The first kappa shape index (κ1) is 15.7. The molecule has 5 nitrogen and oxygen atoms in total. The normalized spacial score (nSPS) is 25.1. The number of amides is 1. The number of hydrogen-bond donors (Lipinski definition) is 0. The van der Waals surface area contributed by atoms with Gasteiger partial charge in [0.15, 0.2) is 0 Å². The van der Waals surface area contributed by atoms with Crippen LogP contribution in [0.15, 0.2) is 47.1 Å². The lowest BCUT2D eigenvalue weighted by Gasteiger charge is -2.25. The Morgan fingerprint density at radius 3 is 2.96 bits per heavy atom. The second-order valence-electron chi connectivity index (χ2n) is 7.36. The van der Waals surface area contributed by atoms with Crippen molar-refractivity contribution in [2.24, 2.45) is 5.92 Å². The van der Waals surface area contributed by atoms with E-state index < -0.39 is 0 Å². The van der Waals surface area contributed by atoms with Gasteiger partial charge in [0.1, 0.15) is 11.6 Å². The molecule has 2 aromatic heterocycles. The molecule has 5 heteroatoms. The summed E-state index contributed by atoms with van der Waals surface area (Å²) in [6.45, 7) is 3.84. The Labute approximate surface area is 152 Å². The van der Waals surface area contributed by atoms with Crippen molar-refractivity contribution in [1.82, 2.24) is 14.5 Å². The van der Waals surface area contributed by atoms with Crippen LogP contribution in [0.2, 0.25) is 0 Å². The van der Waals surface area contributed by atoms with E-state index in [1.54, 1.807) is 6.26 Å². The summed E-state index contributed by atoms with van der Waals surface area (Å²) in [6, 6.07) is 12.2. The Hall–Kier alpha value is -2.56. The Balaban J connectivity index is 1.44. The summed E-state index contributed by atoms with van der Waals surface area (Å²) in [5.74, 6) is 2.57. The number of carbonyl (C=O) groups is 1. The number of benzene rings is 1. The molecule has 1 aliphatic heterocycles. The quantitative estimate of drug-likeness (QED) is 0.712. The second kappa shape index (κ2) is 6.01. The highest BCUT2D eigenvalue weighted by Crippen LogP contribution is 2.50. The van der Waals surface area contributed by atoms with E-state index in [0.29, 0.717) is 0 Å². The predicted octanol–water partition coefficient (Wildman–Crippen LogP) is 4.12. The molecule has 5 rings (SSSR count). The number of nitrogens with zero attached hydrogens (tertiary/aromatic N) is 3. The summed E-state index contributed by atoms with van der Waals surface area (Å²) in [7, 11) is 0. The van der Waals surface area contributed by atoms with Gasteiger partial charge < -0.3 is 13.9 Å². The lowest BCUT2D eigenvalue weighted by Crippen LogP contribution is -2.33. The lowest BCUT2D eigenvalue weighted by molar-refractivity contribution is -0.133. The van der Waals surface area contributed by atoms with Gasteiger partial charge in [-0.1, -0.05) is 12.1 Å². The van der Waals surface area contributed by atoms with Crippen molar-refractivity contribution in [2.75, 3.05) is 6.54 Å². The van der Waals surface area contributed by atoms with Crippen LogP contribution in [-0.4, -0.2) is 26.9 Å². The van der Waals surface area contributed by atoms with Gasteiger partial charge in [-0.3, -0.25) is 4.79 Å². The highest BCUT2D eigenvalue weighted by atomic mass is 16.3. The third kappa shape index (κ3) is 2.37. The van der Waals surface area contributed by atoms with Crippen molar-refractivity contribution >= 4 is 16.9 Å². The largest absolute Gasteiger partial charge is 0.469 e. The van der Waals surface area contributed by atoms with Crippen LogP contribution < -0.4 is 0 Å². The molecule has 0 radical (unpaired) electrons. The fourth-order valence-corrected chi connectivity index (χ4v) is 4.48. The number of para-hydroxylation sites is 2. The van der Waals surface area contributed by atoms with Crippen LogP contribution in [-0.2, 0) is 11.3 Å². The summed E-state index contributed by atoms with van der Waals surface area (Å²) in [4.78, 5) is 20.1. The van der Waals surface area contributed by atoms with Crippen molar-refractivity contribution in [3.05, 3.63) is 54.2 Å². The number of imidazole rings is 1. The van der Waals surface area contributed by atoms with Gasteiger partial charge in [-0.25, -0.2) is 4.98 Å². The Bertz CT molecular complexity index is 943. The molecule has 1 aromatic carbocycles. The van der Waals surface area contributed by atoms with Crippen molar-refractivity contribution in [3.63, 3.8) is 0 Å². The number of carbonyl (C=O) groups excluding carboxylic acids is 1. The van der Waals surface area contributed by atoms with Crippen LogP contribution in [0.3, 0.4) is 0 Å². The third-order valence-electron chi connectivity index (χ3n) is 5.85. The average Bonchev–Trinajstić information content (AvgIpc) is 3.08. The molecule has 1 aliphatic carbocycles. The summed E-state index contributed by atoms with van der Waals surface area (Å²) in [6.07, 6.45) is 4.63. The van der Waals surface area contributed by atoms with Gasteiger partial charge in [0.25, 0.3) is 0 Å². The van der Waals surface area contributed by atoms with E-state index in [4.69, 9.17) is 9.40 Å². The average molecular weight is 349 g/mol. The summed E-state index contributed by atoms with van der Waals surface area (Å²) >= 11 is 0. The minimum Gasteiger partial charge on any atom is -0.469 e. The number of likely N-dealkylation sites (tertiary alicyclic amines) is 1. The molecular formula is C21H23N3O2. The number of fused-ring (bicyclic) bond motifs is 1. The van der Waals surface area contributed by atoms with Gasteiger partial charge in [-0.15, -0.1) is 0 Å². The second-order valence-corrected chi connectivity index (χ2v) is 7.36.